The van der Waals surface area contributed by atoms with Gasteiger partial charge in [-0.1, -0.05) is 27.7 Å². The summed E-state index contributed by atoms with van der Waals surface area (Å²) in [4.78, 5) is 4.35. The van der Waals surface area contributed by atoms with Crippen molar-refractivity contribution in [3.05, 3.63) is 52.3 Å². The lowest BCUT2D eigenvalue weighted by atomic mass is 10.2. The van der Waals surface area contributed by atoms with E-state index in [1.165, 1.54) is 23.9 Å². The van der Waals surface area contributed by atoms with Gasteiger partial charge in [-0.3, -0.25) is 0 Å². The van der Waals surface area contributed by atoms with Crippen LogP contribution >= 0.6 is 27.7 Å². The molecule has 0 saturated carbocycles. The fourth-order valence-corrected chi connectivity index (χ4v) is 3.10. The van der Waals surface area contributed by atoms with Crippen molar-refractivity contribution in [2.75, 3.05) is 5.73 Å². The molecular weight excluding hydrogens is 343 g/mol. The van der Waals surface area contributed by atoms with Crippen LogP contribution in [0, 0.1) is 5.82 Å². The summed E-state index contributed by atoms with van der Waals surface area (Å²) >= 11 is 4.69. The van der Waals surface area contributed by atoms with Gasteiger partial charge in [0.2, 0.25) is 0 Å². The molecule has 0 radical (unpaired) electrons. The van der Waals surface area contributed by atoms with E-state index in [4.69, 9.17) is 10.2 Å². The summed E-state index contributed by atoms with van der Waals surface area (Å²) < 4.78 is 19.6. The zero-order chi connectivity index (χ0) is 14.1. The van der Waals surface area contributed by atoms with Gasteiger partial charge in [0.1, 0.15) is 11.3 Å². The minimum absolute atomic E-state index is 0.264. The quantitative estimate of drug-likeness (QED) is 0.552. The Labute approximate surface area is 127 Å². The summed E-state index contributed by atoms with van der Waals surface area (Å²) in [7, 11) is 0. The number of aromatic nitrogens is 1. The van der Waals surface area contributed by atoms with E-state index in [0.29, 0.717) is 22.2 Å². The fraction of sp³-hybridized carbons (Fsp3) is 0.0714. The predicted molar refractivity (Wildman–Crippen MR) is 82.1 cm³/mol. The molecular formula is C14H10BrFN2OS. The lowest BCUT2D eigenvalue weighted by molar-refractivity contribution is 0.489. The van der Waals surface area contributed by atoms with Crippen molar-refractivity contribution < 1.29 is 8.81 Å². The number of hydrogen-bond acceptors (Lipinski definition) is 4. The van der Waals surface area contributed by atoms with E-state index in [1.807, 2.05) is 12.1 Å². The highest BCUT2D eigenvalue weighted by Crippen LogP contribution is 2.28. The number of nitrogen functional groups attached to an aromatic ring is 1. The predicted octanol–water partition coefficient (Wildman–Crippen LogP) is 4.60. The number of nitrogens with two attached hydrogens (primary N) is 1. The molecule has 2 aromatic carbocycles. The molecule has 0 fully saturated rings. The third-order valence-corrected chi connectivity index (χ3v) is 4.03. The first kappa shape index (κ1) is 13.5. The van der Waals surface area contributed by atoms with Gasteiger partial charge in [0.15, 0.2) is 5.58 Å². The molecule has 0 aliphatic heterocycles. The van der Waals surface area contributed by atoms with Crippen molar-refractivity contribution >= 4 is 44.5 Å². The molecule has 3 rings (SSSR count). The van der Waals surface area contributed by atoms with Crippen molar-refractivity contribution in [3.63, 3.8) is 0 Å². The summed E-state index contributed by atoms with van der Waals surface area (Å²) in [5.41, 5.74) is 8.62. The molecule has 0 amide bonds. The molecule has 0 saturated heterocycles. The molecule has 3 nitrogen and oxygen atoms in total. The second kappa shape index (κ2) is 5.46. The van der Waals surface area contributed by atoms with Crippen LogP contribution in [0.1, 0.15) is 5.56 Å². The van der Waals surface area contributed by atoms with Crippen LogP contribution in [0.5, 0.6) is 0 Å². The monoisotopic (exact) mass is 352 g/mol. The first-order valence-corrected chi connectivity index (χ1v) is 7.62. The second-order valence-corrected chi connectivity index (χ2v) is 6.12. The minimum atomic E-state index is -0.264. The second-order valence-electron chi connectivity index (χ2n) is 4.27. The third-order valence-electron chi connectivity index (χ3n) is 2.68. The molecule has 0 aliphatic rings. The Morgan fingerprint density at radius 2 is 2.10 bits per heavy atom. The summed E-state index contributed by atoms with van der Waals surface area (Å²) in [6.45, 7) is 0. The molecule has 0 unspecified atom stereocenters. The number of halogens is 2. The molecule has 3 aromatic rings. The van der Waals surface area contributed by atoms with Gasteiger partial charge in [0.05, 0.1) is 0 Å². The number of fused-ring (bicyclic) bond motifs is 1. The van der Waals surface area contributed by atoms with Crippen molar-refractivity contribution in [1.29, 1.82) is 0 Å². The van der Waals surface area contributed by atoms with E-state index in [2.05, 4.69) is 20.9 Å². The number of rotatable bonds is 3. The van der Waals surface area contributed by atoms with Gasteiger partial charge in [-0.15, -0.1) is 0 Å². The standard InChI is InChI=1S/C14H10BrFN2OS/c15-9-3-8(4-10(16)5-9)7-20-14-18-12-2-1-11(17)6-13(12)19-14/h1-6H,7,17H2. The smallest absolute Gasteiger partial charge is 0.257 e. The van der Waals surface area contributed by atoms with E-state index in [1.54, 1.807) is 12.1 Å². The lowest BCUT2D eigenvalue weighted by Crippen LogP contribution is -1.84. The van der Waals surface area contributed by atoms with Gasteiger partial charge in [0.25, 0.3) is 5.22 Å². The Morgan fingerprint density at radius 3 is 2.90 bits per heavy atom. The SMILES string of the molecule is Nc1ccc2nc(SCc3cc(F)cc(Br)c3)oc2c1. The van der Waals surface area contributed by atoms with Crippen LogP contribution in [0.4, 0.5) is 10.1 Å². The van der Waals surface area contributed by atoms with E-state index >= 15 is 0 Å². The van der Waals surface area contributed by atoms with E-state index < -0.39 is 0 Å². The summed E-state index contributed by atoms with van der Waals surface area (Å²) in [5.74, 6) is 0.318. The van der Waals surface area contributed by atoms with Crippen molar-refractivity contribution in [2.24, 2.45) is 0 Å². The van der Waals surface area contributed by atoms with Crippen LogP contribution < -0.4 is 5.73 Å². The van der Waals surface area contributed by atoms with Crippen LogP contribution in [0.25, 0.3) is 11.1 Å². The average Bonchev–Trinajstić information content (AvgIpc) is 2.77. The molecule has 1 heterocycles. The largest absolute Gasteiger partial charge is 0.431 e. The maximum absolute atomic E-state index is 13.3. The molecule has 0 bridgehead atoms. The highest BCUT2D eigenvalue weighted by Gasteiger charge is 2.08. The molecule has 1 aromatic heterocycles. The Kier molecular flexibility index (Phi) is 3.67. The fourth-order valence-electron chi connectivity index (χ4n) is 1.82. The summed E-state index contributed by atoms with van der Waals surface area (Å²) in [6, 6.07) is 10.1. The maximum Gasteiger partial charge on any atom is 0.257 e. The number of benzene rings is 2. The molecule has 102 valence electrons. The van der Waals surface area contributed by atoms with Gasteiger partial charge < -0.3 is 10.2 Å². The van der Waals surface area contributed by atoms with Crippen LogP contribution in [0.15, 0.2) is 50.5 Å². The number of nitrogens with zero attached hydrogens (tertiary/aromatic N) is 1. The van der Waals surface area contributed by atoms with Crippen LogP contribution in [-0.4, -0.2) is 4.98 Å². The summed E-state index contributed by atoms with van der Waals surface area (Å²) in [5, 5.41) is 0.547. The highest BCUT2D eigenvalue weighted by atomic mass is 79.9. The highest BCUT2D eigenvalue weighted by molar-refractivity contribution is 9.10. The van der Waals surface area contributed by atoms with Gasteiger partial charge >= 0.3 is 0 Å². The van der Waals surface area contributed by atoms with Crippen molar-refractivity contribution in [1.82, 2.24) is 4.98 Å². The lowest BCUT2D eigenvalue weighted by Gasteiger charge is -2.00. The molecule has 2 N–H and O–H groups in total. The van der Waals surface area contributed by atoms with Crippen LogP contribution in [-0.2, 0) is 5.75 Å². The Balaban J connectivity index is 1.79. The molecule has 20 heavy (non-hydrogen) atoms. The zero-order valence-corrected chi connectivity index (χ0v) is 12.7. The first-order chi connectivity index (χ1) is 9.60. The first-order valence-electron chi connectivity index (χ1n) is 5.84. The van der Waals surface area contributed by atoms with Crippen molar-refractivity contribution in [3.8, 4) is 0 Å². The van der Waals surface area contributed by atoms with Crippen LogP contribution in [0.2, 0.25) is 0 Å². The number of oxazole rings is 1. The number of anilines is 1. The Bertz CT molecular complexity index is 755. The molecule has 0 spiro atoms. The van der Waals surface area contributed by atoms with E-state index in [0.717, 1.165) is 15.6 Å². The molecule has 0 aliphatic carbocycles. The van der Waals surface area contributed by atoms with Crippen LogP contribution in [0.3, 0.4) is 0 Å². The Morgan fingerprint density at radius 1 is 1.25 bits per heavy atom. The molecule has 0 atom stereocenters. The van der Waals surface area contributed by atoms with Gasteiger partial charge in [0, 0.05) is 22.0 Å². The van der Waals surface area contributed by atoms with E-state index in [9.17, 15) is 4.39 Å². The van der Waals surface area contributed by atoms with Gasteiger partial charge in [-0.25, -0.2) is 9.37 Å². The third kappa shape index (κ3) is 2.96. The van der Waals surface area contributed by atoms with Crippen molar-refractivity contribution in [2.45, 2.75) is 11.0 Å². The van der Waals surface area contributed by atoms with Gasteiger partial charge in [-0.2, -0.15) is 0 Å². The van der Waals surface area contributed by atoms with Gasteiger partial charge in [-0.05, 0) is 35.9 Å². The van der Waals surface area contributed by atoms with E-state index in [-0.39, 0.29) is 5.82 Å². The normalized spacial score (nSPS) is 11.1. The topological polar surface area (TPSA) is 52.0 Å². The number of hydrogen-bond donors (Lipinski definition) is 1. The molecule has 6 heteroatoms. The average molecular weight is 353 g/mol. The number of thioether (sulfide) groups is 1. The summed E-state index contributed by atoms with van der Waals surface area (Å²) in [6.07, 6.45) is 0. The maximum atomic E-state index is 13.3. The Hall–Kier alpha value is -1.53. The minimum Gasteiger partial charge on any atom is -0.431 e. The zero-order valence-electron chi connectivity index (χ0n) is 10.3.